The van der Waals surface area contributed by atoms with Crippen molar-refractivity contribution in [2.24, 2.45) is 0 Å². The minimum Gasteiger partial charge on any atom is -0.497 e. The fraction of sp³-hybridized carbons (Fsp3) is 0.200. The number of ether oxygens (including phenoxy) is 2. The monoisotopic (exact) mass is 482 g/mol. The molecule has 9 heteroatoms. The summed E-state index contributed by atoms with van der Waals surface area (Å²) in [6.45, 7) is 3.30. The van der Waals surface area contributed by atoms with Crippen LogP contribution in [-0.2, 0) is 19.6 Å². The van der Waals surface area contributed by atoms with E-state index >= 15 is 0 Å². The number of carbonyl (C=O) groups is 2. The Kier molecular flexibility index (Phi) is 7.57. The van der Waals surface area contributed by atoms with E-state index in [-0.39, 0.29) is 10.5 Å². The Hall–Kier alpha value is -3.85. The average Bonchev–Trinajstić information content (AvgIpc) is 2.85. The highest BCUT2D eigenvalue weighted by molar-refractivity contribution is 7.92. The smallest absolute Gasteiger partial charge is 0.338 e. The highest BCUT2D eigenvalue weighted by Crippen LogP contribution is 2.25. The predicted octanol–water partition coefficient (Wildman–Crippen LogP) is 3.93. The zero-order chi connectivity index (χ0) is 24.9. The maximum absolute atomic E-state index is 13.1. The highest BCUT2D eigenvalue weighted by atomic mass is 32.2. The van der Waals surface area contributed by atoms with Crippen molar-refractivity contribution < 1.29 is 27.5 Å². The van der Waals surface area contributed by atoms with Crippen LogP contribution in [0.5, 0.6) is 5.75 Å². The van der Waals surface area contributed by atoms with Crippen LogP contribution in [0.4, 0.5) is 11.4 Å². The van der Waals surface area contributed by atoms with Gasteiger partial charge in [-0.15, -0.1) is 0 Å². The molecule has 0 spiro atoms. The van der Waals surface area contributed by atoms with Gasteiger partial charge in [-0.3, -0.25) is 9.10 Å². The SMILES string of the molecule is COc1ccc(N(C)S(=O)(=O)c2cccc(C(=O)OCC(=O)Nc3cccc(C)c3C)c2)cc1. The second-order valence-electron chi connectivity index (χ2n) is 7.57. The molecule has 0 saturated carbocycles. The number of carbonyl (C=O) groups excluding carboxylic acids is 2. The zero-order valence-electron chi connectivity index (χ0n) is 19.4. The Labute approximate surface area is 199 Å². The summed E-state index contributed by atoms with van der Waals surface area (Å²) < 4.78 is 37.4. The molecule has 0 aliphatic heterocycles. The van der Waals surface area contributed by atoms with Gasteiger partial charge in [0.05, 0.1) is 23.3 Å². The van der Waals surface area contributed by atoms with Crippen molar-refractivity contribution in [2.45, 2.75) is 18.7 Å². The predicted molar refractivity (Wildman–Crippen MR) is 130 cm³/mol. The number of sulfonamides is 1. The standard InChI is InChI=1S/C25H26N2O6S/c1-17-7-5-10-23(18(17)2)26-24(28)16-33-25(29)19-8-6-9-22(15-19)34(30,31)27(3)20-11-13-21(32-4)14-12-20/h5-15H,16H2,1-4H3,(H,26,28). The fourth-order valence-electron chi connectivity index (χ4n) is 3.16. The molecule has 3 rings (SSSR count). The zero-order valence-corrected chi connectivity index (χ0v) is 20.2. The molecule has 1 amide bonds. The lowest BCUT2D eigenvalue weighted by Crippen LogP contribution is -2.27. The van der Waals surface area contributed by atoms with Crippen LogP contribution in [0.15, 0.2) is 71.6 Å². The molecule has 0 unspecified atom stereocenters. The van der Waals surface area contributed by atoms with Crippen LogP contribution >= 0.6 is 0 Å². The van der Waals surface area contributed by atoms with Crippen molar-refractivity contribution in [1.29, 1.82) is 0 Å². The molecule has 0 saturated heterocycles. The average molecular weight is 483 g/mol. The van der Waals surface area contributed by atoms with E-state index in [1.54, 1.807) is 30.3 Å². The number of amides is 1. The molecule has 8 nitrogen and oxygen atoms in total. The highest BCUT2D eigenvalue weighted by Gasteiger charge is 2.23. The van der Waals surface area contributed by atoms with E-state index < -0.39 is 28.5 Å². The lowest BCUT2D eigenvalue weighted by atomic mass is 10.1. The number of nitrogens with one attached hydrogen (secondary N) is 1. The van der Waals surface area contributed by atoms with Gasteiger partial charge < -0.3 is 14.8 Å². The van der Waals surface area contributed by atoms with Crippen molar-refractivity contribution in [3.8, 4) is 5.75 Å². The van der Waals surface area contributed by atoms with Crippen molar-refractivity contribution >= 4 is 33.3 Å². The number of hydrogen-bond donors (Lipinski definition) is 1. The fourth-order valence-corrected chi connectivity index (χ4v) is 4.40. The molecule has 0 heterocycles. The largest absolute Gasteiger partial charge is 0.497 e. The van der Waals surface area contributed by atoms with Gasteiger partial charge in [0, 0.05) is 12.7 Å². The number of benzene rings is 3. The number of esters is 1. The number of hydrogen-bond acceptors (Lipinski definition) is 6. The molecule has 0 aliphatic rings. The van der Waals surface area contributed by atoms with Crippen LogP contribution in [0, 0.1) is 13.8 Å². The second kappa shape index (κ2) is 10.4. The quantitative estimate of drug-likeness (QED) is 0.488. The maximum Gasteiger partial charge on any atom is 0.338 e. The summed E-state index contributed by atoms with van der Waals surface area (Å²) in [6, 6.07) is 17.5. The third-order valence-corrected chi connectivity index (χ3v) is 7.16. The molecule has 3 aromatic rings. The third kappa shape index (κ3) is 5.55. The van der Waals surface area contributed by atoms with Gasteiger partial charge in [-0.2, -0.15) is 0 Å². The molecular formula is C25H26N2O6S. The number of anilines is 2. The van der Waals surface area contributed by atoms with Crippen molar-refractivity contribution in [2.75, 3.05) is 30.4 Å². The lowest BCUT2D eigenvalue weighted by Gasteiger charge is -2.20. The molecule has 0 atom stereocenters. The first-order valence-electron chi connectivity index (χ1n) is 10.4. The Morgan fingerprint density at radius 2 is 1.65 bits per heavy atom. The van der Waals surface area contributed by atoms with E-state index in [2.05, 4.69) is 5.32 Å². The second-order valence-corrected chi connectivity index (χ2v) is 9.54. The van der Waals surface area contributed by atoms with E-state index in [9.17, 15) is 18.0 Å². The van der Waals surface area contributed by atoms with Crippen molar-refractivity contribution in [3.05, 3.63) is 83.4 Å². The number of nitrogens with zero attached hydrogens (tertiary/aromatic N) is 1. The maximum atomic E-state index is 13.1. The van der Waals surface area contributed by atoms with Gasteiger partial charge in [0.1, 0.15) is 5.75 Å². The Morgan fingerprint density at radius 3 is 2.32 bits per heavy atom. The summed E-state index contributed by atoms with van der Waals surface area (Å²) in [5.41, 5.74) is 3.02. The molecule has 3 aromatic carbocycles. The van der Waals surface area contributed by atoms with E-state index in [1.807, 2.05) is 26.0 Å². The summed E-state index contributed by atoms with van der Waals surface area (Å²) in [4.78, 5) is 24.6. The van der Waals surface area contributed by atoms with Crippen molar-refractivity contribution in [3.63, 3.8) is 0 Å². The Bertz CT molecular complexity index is 1300. The first-order chi connectivity index (χ1) is 16.1. The summed E-state index contributed by atoms with van der Waals surface area (Å²) in [6.07, 6.45) is 0. The van der Waals surface area contributed by atoms with E-state index in [1.165, 1.54) is 38.4 Å². The van der Waals surface area contributed by atoms with Gasteiger partial charge in [-0.05, 0) is 73.5 Å². The number of aryl methyl sites for hydroxylation is 1. The Morgan fingerprint density at radius 1 is 0.971 bits per heavy atom. The molecule has 34 heavy (non-hydrogen) atoms. The Balaban J connectivity index is 1.69. The van der Waals surface area contributed by atoms with Gasteiger partial charge in [0.25, 0.3) is 15.9 Å². The molecule has 0 radical (unpaired) electrons. The molecule has 0 aromatic heterocycles. The summed E-state index contributed by atoms with van der Waals surface area (Å²) in [5.74, 6) is -0.703. The van der Waals surface area contributed by atoms with Crippen LogP contribution < -0.4 is 14.4 Å². The minimum atomic E-state index is -3.94. The van der Waals surface area contributed by atoms with Crippen LogP contribution in [0.1, 0.15) is 21.5 Å². The minimum absolute atomic E-state index is 0.0174. The normalized spacial score (nSPS) is 10.9. The molecule has 0 bridgehead atoms. The van der Waals surface area contributed by atoms with Crippen molar-refractivity contribution in [1.82, 2.24) is 0 Å². The number of methoxy groups -OCH3 is 1. The number of rotatable bonds is 8. The summed E-state index contributed by atoms with van der Waals surface area (Å²) in [7, 11) is -1.01. The van der Waals surface area contributed by atoms with Gasteiger partial charge in [-0.1, -0.05) is 18.2 Å². The molecule has 178 valence electrons. The van der Waals surface area contributed by atoms with Gasteiger partial charge in [0.2, 0.25) is 0 Å². The first-order valence-corrected chi connectivity index (χ1v) is 11.8. The van der Waals surface area contributed by atoms with Crippen LogP contribution in [0.2, 0.25) is 0 Å². The topological polar surface area (TPSA) is 102 Å². The van der Waals surface area contributed by atoms with Crippen LogP contribution in [0.3, 0.4) is 0 Å². The third-order valence-electron chi connectivity index (χ3n) is 5.38. The van der Waals surface area contributed by atoms with E-state index in [4.69, 9.17) is 9.47 Å². The van der Waals surface area contributed by atoms with Gasteiger partial charge >= 0.3 is 5.97 Å². The molecule has 1 N–H and O–H groups in total. The lowest BCUT2D eigenvalue weighted by molar-refractivity contribution is -0.119. The van der Waals surface area contributed by atoms with E-state index in [0.717, 1.165) is 15.4 Å². The first kappa shape index (κ1) is 24.8. The van der Waals surface area contributed by atoms with E-state index in [0.29, 0.717) is 17.1 Å². The van der Waals surface area contributed by atoms with Crippen LogP contribution in [0.25, 0.3) is 0 Å². The summed E-state index contributed by atoms with van der Waals surface area (Å²) >= 11 is 0. The summed E-state index contributed by atoms with van der Waals surface area (Å²) in [5, 5.41) is 2.71. The van der Waals surface area contributed by atoms with Gasteiger partial charge in [-0.25, -0.2) is 13.2 Å². The van der Waals surface area contributed by atoms with Crippen LogP contribution in [-0.4, -0.2) is 41.1 Å². The molecular weight excluding hydrogens is 456 g/mol. The molecule has 0 fully saturated rings. The molecule has 0 aliphatic carbocycles. The van der Waals surface area contributed by atoms with Gasteiger partial charge in [0.15, 0.2) is 6.61 Å².